The van der Waals surface area contributed by atoms with Crippen LogP contribution < -0.4 is 11.5 Å². The van der Waals surface area contributed by atoms with E-state index in [-0.39, 0.29) is 25.4 Å². The Hall–Kier alpha value is -1.42. The Balaban J connectivity index is -0.000000280. The van der Waals surface area contributed by atoms with Crippen LogP contribution in [0, 0.1) is 0 Å². The van der Waals surface area contributed by atoms with Gasteiger partial charge in [-0.3, -0.25) is 14.4 Å². The highest BCUT2D eigenvalue weighted by Gasteiger charge is 2.12. The van der Waals surface area contributed by atoms with E-state index in [0.29, 0.717) is 0 Å². The lowest BCUT2D eigenvalue weighted by Crippen LogP contribution is -2.35. The summed E-state index contributed by atoms with van der Waals surface area (Å²) in [6.07, 6.45) is 0.229. The van der Waals surface area contributed by atoms with E-state index in [2.05, 4.69) is 4.74 Å². The number of aliphatic hydroxyl groups is 1. The molecule has 0 heterocycles. The van der Waals surface area contributed by atoms with Crippen molar-refractivity contribution in [2.45, 2.75) is 25.4 Å². The molecule has 0 radical (unpaired) electrons. The van der Waals surface area contributed by atoms with E-state index in [1.165, 1.54) is 0 Å². The van der Waals surface area contributed by atoms with Gasteiger partial charge in [0.05, 0.1) is 6.61 Å². The van der Waals surface area contributed by atoms with Crippen LogP contribution in [0.2, 0.25) is 0 Å². The third-order valence-electron chi connectivity index (χ3n) is 1.54. The molecule has 0 aliphatic rings. The Morgan fingerprint density at radius 1 is 1.11 bits per heavy atom. The monoisotopic (exact) mass is 302 g/mol. The molecule has 0 aromatic rings. The normalized spacial score (nSPS) is 12.0. The minimum atomic E-state index is -1.18. The molecule has 0 aliphatic heterocycles. The second-order valence-corrected chi connectivity index (χ2v) is 3.11. The molecule has 2 atom stereocenters. The van der Waals surface area contributed by atoms with Gasteiger partial charge in [0.2, 0.25) is 0 Å². The van der Waals surface area contributed by atoms with Gasteiger partial charge in [-0.05, 0) is 0 Å². The molecule has 0 amide bonds. The average Bonchev–Trinajstić information content (AvgIpc) is 2.34. The number of rotatable bonds is 6. The smallest absolute Gasteiger partial charge is 0.324 e. The van der Waals surface area contributed by atoms with Crippen molar-refractivity contribution in [1.29, 1.82) is 0 Å². The predicted molar refractivity (Wildman–Crippen MR) is 66.8 cm³/mol. The third kappa shape index (κ3) is 14.5. The van der Waals surface area contributed by atoms with Crippen molar-refractivity contribution >= 4 is 30.3 Å². The molecular weight excluding hydrogens is 284 g/mol. The zero-order chi connectivity index (χ0) is 14.7. The van der Waals surface area contributed by atoms with Crippen molar-refractivity contribution in [3.63, 3.8) is 0 Å². The van der Waals surface area contributed by atoms with Crippen molar-refractivity contribution in [3.05, 3.63) is 0 Å². The van der Waals surface area contributed by atoms with E-state index in [4.69, 9.17) is 26.8 Å². The minimum absolute atomic E-state index is 0. The molecule has 0 unspecified atom stereocenters. The summed E-state index contributed by atoms with van der Waals surface area (Å²) in [5.74, 6) is -2.79. The van der Waals surface area contributed by atoms with Crippen molar-refractivity contribution in [2.75, 3.05) is 13.2 Å². The van der Waals surface area contributed by atoms with Gasteiger partial charge in [-0.25, -0.2) is 0 Å². The molecule has 0 bridgehead atoms. The molecule has 0 aliphatic carbocycles. The molecule has 0 saturated heterocycles. The summed E-state index contributed by atoms with van der Waals surface area (Å²) in [6.45, 7) is 0.853. The van der Waals surface area contributed by atoms with Gasteiger partial charge < -0.3 is 31.5 Å². The lowest BCUT2D eigenvalue weighted by Gasteiger charge is -2.05. The second-order valence-electron chi connectivity index (χ2n) is 3.11. The molecule has 0 aromatic carbocycles. The molecule has 114 valence electrons. The zero-order valence-corrected chi connectivity index (χ0v) is 11.1. The van der Waals surface area contributed by atoms with Crippen LogP contribution >= 0.6 is 12.4 Å². The van der Waals surface area contributed by atoms with E-state index < -0.39 is 36.6 Å². The van der Waals surface area contributed by atoms with Gasteiger partial charge in [-0.1, -0.05) is 6.92 Å². The number of nitrogens with two attached hydrogens (primary N) is 2. The molecule has 7 N–H and O–H groups in total. The predicted octanol–water partition coefficient (Wildman–Crippen LogP) is -1.84. The SMILES string of the molecule is CCC(=O)OC[C@H](N)C(=O)O.Cl.N[C@@H](CO)C(=O)O. The van der Waals surface area contributed by atoms with Gasteiger partial charge in [0.25, 0.3) is 0 Å². The van der Waals surface area contributed by atoms with Gasteiger partial charge in [0.1, 0.15) is 18.7 Å². The fraction of sp³-hybridized carbons (Fsp3) is 0.667. The third-order valence-corrected chi connectivity index (χ3v) is 1.54. The van der Waals surface area contributed by atoms with Crippen LogP contribution in [0.1, 0.15) is 13.3 Å². The van der Waals surface area contributed by atoms with E-state index in [0.717, 1.165) is 0 Å². The number of carboxylic acid groups (broad SMARTS) is 2. The van der Waals surface area contributed by atoms with Crippen LogP contribution in [0.25, 0.3) is 0 Å². The van der Waals surface area contributed by atoms with E-state index in [1.807, 2.05) is 0 Å². The van der Waals surface area contributed by atoms with Crippen LogP contribution in [-0.2, 0) is 19.1 Å². The number of carbonyl (C=O) groups is 3. The molecule has 0 fully saturated rings. The highest BCUT2D eigenvalue weighted by atomic mass is 35.5. The maximum absolute atomic E-state index is 10.5. The summed E-state index contributed by atoms with van der Waals surface area (Å²) in [5.41, 5.74) is 9.81. The maximum atomic E-state index is 10.5. The maximum Gasteiger partial charge on any atom is 0.324 e. The quantitative estimate of drug-likeness (QED) is 0.353. The number of ether oxygens (including phenoxy) is 1. The Morgan fingerprint density at radius 2 is 1.53 bits per heavy atom. The Kier molecular flexibility index (Phi) is 15.6. The molecule has 19 heavy (non-hydrogen) atoms. The minimum Gasteiger partial charge on any atom is -0.480 e. The molecule has 0 saturated carbocycles. The van der Waals surface area contributed by atoms with Gasteiger partial charge in [-0.2, -0.15) is 0 Å². The highest BCUT2D eigenvalue weighted by Crippen LogP contribution is 1.86. The van der Waals surface area contributed by atoms with Crippen LogP contribution in [0.5, 0.6) is 0 Å². The Bertz CT molecular complexity index is 288. The Labute approximate surface area is 115 Å². The summed E-state index contributed by atoms with van der Waals surface area (Å²) in [7, 11) is 0. The van der Waals surface area contributed by atoms with Crippen molar-refractivity contribution in [1.82, 2.24) is 0 Å². The number of aliphatic hydroxyl groups excluding tert-OH is 1. The first-order chi connectivity index (χ1) is 8.26. The van der Waals surface area contributed by atoms with Crippen LogP contribution in [0.15, 0.2) is 0 Å². The van der Waals surface area contributed by atoms with Gasteiger partial charge in [0.15, 0.2) is 0 Å². The van der Waals surface area contributed by atoms with Crippen molar-refractivity contribution in [3.8, 4) is 0 Å². The molecular formula is C9H19ClN2O7. The first-order valence-corrected chi connectivity index (χ1v) is 4.99. The van der Waals surface area contributed by atoms with Crippen LogP contribution in [-0.4, -0.2) is 58.5 Å². The fourth-order valence-electron chi connectivity index (χ4n) is 0.434. The highest BCUT2D eigenvalue weighted by molar-refractivity contribution is 5.85. The standard InChI is InChI=1S/C6H11NO4.C3H7NO3.ClH/c1-2-5(8)11-3-4(7)6(9)10;4-2(1-5)3(6)7;/h4H,2-3,7H2,1H3,(H,9,10);2,5H,1,4H2,(H,6,7);1H/t4-;2-;/m00./s1. The van der Waals surface area contributed by atoms with E-state index >= 15 is 0 Å². The largest absolute Gasteiger partial charge is 0.480 e. The van der Waals surface area contributed by atoms with Gasteiger partial charge >= 0.3 is 17.9 Å². The molecule has 9 nitrogen and oxygen atoms in total. The second kappa shape index (κ2) is 13.0. The number of carbonyl (C=O) groups excluding carboxylic acids is 1. The molecule has 0 rings (SSSR count). The van der Waals surface area contributed by atoms with Gasteiger partial charge in [0, 0.05) is 6.42 Å². The molecule has 0 spiro atoms. The van der Waals surface area contributed by atoms with E-state index in [9.17, 15) is 14.4 Å². The van der Waals surface area contributed by atoms with E-state index in [1.54, 1.807) is 6.92 Å². The Morgan fingerprint density at radius 3 is 1.74 bits per heavy atom. The number of hydrogen-bond acceptors (Lipinski definition) is 7. The van der Waals surface area contributed by atoms with Crippen LogP contribution in [0.3, 0.4) is 0 Å². The summed E-state index contributed by atoms with van der Waals surface area (Å²) in [4.78, 5) is 30.2. The van der Waals surface area contributed by atoms with Crippen molar-refractivity contribution in [2.24, 2.45) is 11.5 Å². The molecule has 10 heteroatoms. The summed E-state index contributed by atoms with van der Waals surface area (Å²) in [5, 5.41) is 24.1. The lowest BCUT2D eigenvalue weighted by atomic mass is 10.3. The molecule has 0 aromatic heterocycles. The van der Waals surface area contributed by atoms with Crippen molar-refractivity contribution < 1.29 is 34.4 Å². The first kappa shape index (κ1) is 22.7. The summed E-state index contributed by atoms with van der Waals surface area (Å²) < 4.78 is 4.47. The van der Waals surface area contributed by atoms with Gasteiger partial charge in [-0.15, -0.1) is 12.4 Å². The topological polar surface area (TPSA) is 173 Å². The first-order valence-electron chi connectivity index (χ1n) is 4.99. The fourth-order valence-corrected chi connectivity index (χ4v) is 0.434. The number of halogens is 1. The lowest BCUT2D eigenvalue weighted by molar-refractivity contribution is -0.147. The van der Waals surface area contributed by atoms with Crippen LogP contribution in [0.4, 0.5) is 0 Å². The summed E-state index contributed by atoms with van der Waals surface area (Å²) >= 11 is 0. The number of carboxylic acids is 2. The number of aliphatic carboxylic acids is 2. The average molecular weight is 303 g/mol. The number of hydrogen-bond donors (Lipinski definition) is 5. The number of esters is 1. The summed E-state index contributed by atoms with van der Waals surface area (Å²) in [6, 6.07) is -2.24. The zero-order valence-electron chi connectivity index (χ0n) is 10.3.